The highest BCUT2D eigenvalue weighted by molar-refractivity contribution is 5.80. The molecule has 0 bridgehead atoms. The number of aliphatic hydroxyl groups is 3. The molecular formula is C36H71NO4. The molecule has 0 aromatic heterocycles. The molecule has 0 saturated heterocycles. The zero-order valence-electron chi connectivity index (χ0n) is 27.4. The van der Waals surface area contributed by atoms with Crippen LogP contribution in [0, 0.1) is 0 Å². The summed E-state index contributed by atoms with van der Waals surface area (Å²) < 4.78 is 0. The number of hydrogen-bond donors (Lipinski definition) is 4. The van der Waals surface area contributed by atoms with Crippen LogP contribution in [0.5, 0.6) is 0 Å². The number of nitrogens with one attached hydrogen (secondary N) is 1. The predicted molar refractivity (Wildman–Crippen MR) is 176 cm³/mol. The zero-order chi connectivity index (χ0) is 30.2. The van der Waals surface area contributed by atoms with E-state index in [2.05, 4.69) is 31.3 Å². The molecule has 3 unspecified atom stereocenters. The molecule has 0 aliphatic heterocycles. The normalized spacial score (nSPS) is 14.0. The highest BCUT2D eigenvalue weighted by Crippen LogP contribution is 2.15. The smallest absolute Gasteiger partial charge is 0.249 e. The number of carbonyl (C=O) groups is 1. The van der Waals surface area contributed by atoms with Crippen molar-refractivity contribution in [3.8, 4) is 0 Å². The third-order valence-electron chi connectivity index (χ3n) is 8.38. The molecule has 1 amide bonds. The van der Waals surface area contributed by atoms with Gasteiger partial charge in [-0.05, 0) is 32.1 Å². The van der Waals surface area contributed by atoms with Crippen LogP contribution in [-0.4, -0.2) is 46.1 Å². The minimum atomic E-state index is -1.08. The van der Waals surface area contributed by atoms with Gasteiger partial charge in [0.1, 0.15) is 6.10 Å². The molecule has 0 fully saturated rings. The Labute approximate surface area is 255 Å². The summed E-state index contributed by atoms with van der Waals surface area (Å²) in [6, 6.07) is -0.710. The van der Waals surface area contributed by atoms with Crippen LogP contribution in [0.15, 0.2) is 12.2 Å². The van der Waals surface area contributed by atoms with Crippen LogP contribution in [0.2, 0.25) is 0 Å². The lowest BCUT2D eigenvalue weighted by Gasteiger charge is -2.23. The van der Waals surface area contributed by atoms with Gasteiger partial charge in [0, 0.05) is 0 Å². The van der Waals surface area contributed by atoms with Gasteiger partial charge in [-0.2, -0.15) is 0 Å². The molecule has 0 radical (unpaired) electrons. The summed E-state index contributed by atoms with van der Waals surface area (Å²) in [5.74, 6) is -0.482. The number of amides is 1. The largest absolute Gasteiger partial charge is 0.394 e. The van der Waals surface area contributed by atoms with Gasteiger partial charge in [-0.3, -0.25) is 4.79 Å². The number of carbonyl (C=O) groups excluding carboxylic acids is 1. The van der Waals surface area contributed by atoms with E-state index in [1.807, 2.05) is 0 Å². The molecule has 0 rings (SSSR count). The van der Waals surface area contributed by atoms with Crippen LogP contribution >= 0.6 is 0 Å². The van der Waals surface area contributed by atoms with E-state index < -0.39 is 24.2 Å². The average Bonchev–Trinajstić information content (AvgIpc) is 2.98. The molecule has 0 aliphatic carbocycles. The van der Waals surface area contributed by atoms with Gasteiger partial charge in [-0.25, -0.2) is 0 Å². The Bertz CT molecular complexity index is 568. The fraction of sp³-hybridized carbons (Fsp3) is 0.917. The number of hydrogen-bond acceptors (Lipinski definition) is 4. The molecule has 5 heteroatoms. The first-order valence-electron chi connectivity index (χ1n) is 18.0. The van der Waals surface area contributed by atoms with E-state index in [4.69, 9.17) is 0 Å². The quantitative estimate of drug-likeness (QED) is 0.0471. The second kappa shape index (κ2) is 32.0. The highest BCUT2D eigenvalue weighted by atomic mass is 16.3. The second-order valence-electron chi connectivity index (χ2n) is 12.4. The monoisotopic (exact) mass is 582 g/mol. The van der Waals surface area contributed by atoms with E-state index in [1.165, 1.54) is 116 Å². The second-order valence-corrected chi connectivity index (χ2v) is 12.4. The molecule has 244 valence electrons. The van der Waals surface area contributed by atoms with E-state index in [9.17, 15) is 20.1 Å². The summed E-state index contributed by atoms with van der Waals surface area (Å²) in [5, 5.41) is 33.0. The molecule has 0 aliphatic rings. The van der Waals surface area contributed by atoms with Gasteiger partial charge < -0.3 is 20.6 Å². The Morgan fingerprint density at radius 3 is 1.41 bits per heavy atom. The van der Waals surface area contributed by atoms with E-state index in [-0.39, 0.29) is 6.61 Å². The first kappa shape index (κ1) is 40.1. The molecule has 0 saturated carbocycles. The van der Waals surface area contributed by atoms with Gasteiger partial charge in [0.05, 0.1) is 18.8 Å². The van der Waals surface area contributed by atoms with Gasteiger partial charge in [-0.1, -0.05) is 167 Å². The first-order valence-corrected chi connectivity index (χ1v) is 18.0. The summed E-state index contributed by atoms with van der Waals surface area (Å²) in [6.07, 6.45) is 34.8. The van der Waals surface area contributed by atoms with Crippen LogP contribution in [0.1, 0.15) is 187 Å². The Hall–Kier alpha value is -0.910. The summed E-state index contributed by atoms with van der Waals surface area (Å²) in [7, 11) is 0. The lowest BCUT2D eigenvalue weighted by Crippen LogP contribution is -2.49. The lowest BCUT2D eigenvalue weighted by molar-refractivity contribution is -0.131. The van der Waals surface area contributed by atoms with Gasteiger partial charge in [0.25, 0.3) is 0 Å². The SMILES string of the molecule is CCCC/C=C\CCCCCCC(O)C(=O)NC(CO)C(O)CCCCCCCCCCCCCCCCCCC. The fourth-order valence-corrected chi connectivity index (χ4v) is 5.46. The van der Waals surface area contributed by atoms with Crippen LogP contribution < -0.4 is 5.32 Å². The topological polar surface area (TPSA) is 89.8 Å². The third kappa shape index (κ3) is 27.7. The zero-order valence-corrected chi connectivity index (χ0v) is 27.4. The predicted octanol–water partition coefficient (Wildman–Crippen LogP) is 9.31. The van der Waals surface area contributed by atoms with Crippen molar-refractivity contribution in [2.75, 3.05) is 6.61 Å². The maximum atomic E-state index is 12.3. The highest BCUT2D eigenvalue weighted by Gasteiger charge is 2.23. The molecule has 0 spiro atoms. The van der Waals surface area contributed by atoms with E-state index >= 15 is 0 Å². The lowest BCUT2D eigenvalue weighted by atomic mass is 10.0. The Kier molecular flexibility index (Phi) is 31.3. The minimum absolute atomic E-state index is 0.315. The number of rotatable bonds is 32. The molecule has 4 N–H and O–H groups in total. The van der Waals surface area contributed by atoms with Crippen molar-refractivity contribution in [2.45, 2.75) is 205 Å². The van der Waals surface area contributed by atoms with Crippen molar-refractivity contribution < 1.29 is 20.1 Å². The number of allylic oxidation sites excluding steroid dienone is 2. The van der Waals surface area contributed by atoms with Gasteiger partial charge in [0.15, 0.2) is 0 Å². The number of unbranched alkanes of at least 4 members (excludes halogenated alkanes) is 22. The number of aliphatic hydroxyl groups excluding tert-OH is 3. The van der Waals surface area contributed by atoms with Crippen LogP contribution in [0.25, 0.3) is 0 Å². The van der Waals surface area contributed by atoms with Crippen molar-refractivity contribution >= 4 is 5.91 Å². The van der Waals surface area contributed by atoms with Crippen LogP contribution in [0.3, 0.4) is 0 Å². The summed E-state index contributed by atoms with van der Waals surface area (Å²) in [6.45, 7) is 4.17. The van der Waals surface area contributed by atoms with Crippen molar-refractivity contribution in [1.29, 1.82) is 0 Å². The Morgan fingerprint density at radius 2 is 0.951 bits per heavy atom. The van der Waals surface area contributed by atoms with Gasteiger partial charge >= 0.3 is 0 Å². The first-order chi connectivity index (χ1) is 20.1. The van der Waals surface area contributed by atoms with E-state index in [1.54, 1.807) is 0 Å². The van der Waals surface area contributed by atoms with E-state index in [0.29, 0.717) is 12.8 Å². The third-order valence-corrected chi connectivity index (χ3v) is 8.38. The average molecular weight is 582 g/mol. The van der Waals surface area contributed by atoms with Crippen molar-refractivity contribution in [3.63, 3.8) is 0 Å². The molecule has 3 atom stereocenters. The molecule has 0 heterocycles. The molecule has 0 aromatic rings. The van der Waals surface area contributed by atoms with Crippen LogP contribution in [0.4, 0.5) is 0 Å². The molecule has 0 aromatic carbocycles. The van der Waals surface area contributed by atoms with E-state index in [0.717, 1.165) is 44.9 Å². The Morgan fingerprint density at radius 1 is 0.561 bits per heavy atom. The summed E-state index contributed by atoms with van der Waals surface area (Å²) in [4.78, 5) is 12.3. The minimum Gasteiger partial charge on any atom is -0.394 e. The maximum absolute atomic E-state index is 12.3. The van der Waals surface area contributed by atoms with Crippen molar-refractivity contribution in [2.24, 2.45) is 0 Å². The maximum Gasteiger partial charge on any atom is 0.249 e. The standard InChI is InChI=1S/C36H71NO4/c1-3-5-7-9-11-13-15-16-17-18-19-20-21-23-24-26-28-30-34(39)33(32-38)37-36(41)35(40)31-29-27-25-22-14-12-10-8-6-4-2/h10,12,33-35,38-40H,3-9,11,13-32H2,1-2H3,(H,37,41)/b12-10-. The Balaban J connectivity index is 3.66. The molecule has 5 nitrogen and oxygen atoms in total. The van der Waals surface area contributed by atoms with Crippen molar-refractivity contribution in [3.05, 3.63) is 12.2 Å². The molecular weight excluding hydrogens is 510 g/mol. The fourth-order valence-electron chi connectivity index (χ4n) is 5.46. The van der Waals surface area contributed by atoms with Crippen LogP contribution in [-0.2, 0) is 4.79 Å². The van der Waals surface area contributed by atoms with Gasteiger partial charge in [0.2, 0.25) is 5.91 Å². The summed E-state index contributed by atoms with van der Waals surface area (Å²) in [5.41, 5.74) is 0. The molecule has 41 heavy (non-hydrogen) atoms. The summed E-state index contributed by atoms with van der Waals surface area (Å²) >= 11 is 0. The van der Waals surface area contributed by atoms with Gasteiger partial charge in [-0.15, -0.1) is 0 Å². The van der Waals surface area contributed by atoms with Crippen molar-refractivity contribution in [1.82, 2.24) is 5.32 Å².